The van der Waals surface area contributed by atoms with Crippen molar-refractivity contribution in [2.45, 2.75) is 57.3 Å². The number of benzene rings is 2. The molecule has 0 aliphatic carbocycles. The average Bonchev–Trinajstić information content (AvgIpc) is 3.49. The smallest absolute Gasteiger partial charge is 0.365 e. The van der Waals surface area contributed by atoms with Crippen LogP contribution in [0.1, 0.15) is 59.0 Å². The number of hydrogen-bond donors (Lipinski definition) is 1. The first-order chi connectivity index (χ1) is 20.3. The third-order valence-corrected chi connectivity index (χ3v) is 9.76. The van der Waals surface area contributed by atoms with E-state index in [0.717, 1.165) is 66.5 Å². The molecule has 42 heavy (non-hydrogen) atoms. The number of thiazole rings is 1. The molecule has 220 valence electrons. The van der Waals surface area contributed by atoms with E-state index in [4.69, 9.17) is 30.8 Å². The summed E-state index contributed by atoms with van der Waals surface area (Å²) in [4.78, 5) is 23.6. The highest BCUT2D eigenvalue weighted by atomic mass is 35.5. The van der Waals surface area contributed by atoms with Crippen LogP contribution in [0, 0.1) is 11.7 Å². The minimum absolute atomic E-state index is 0.0466. The molecule has 0 bridgehead atoms. The lowest BCUT2D eigenvalue weighted by Gasteiger charge is -2.44. The van der Waals surface area contributed by atoms with Gasteiger partial charge in [0.15, 0.2) is 5.65 Å². The van der Waals surface area contributed by atoms with Crippen LogP contribution in [0.5, 0.6) is 5.75 Å². The van der Waals surface area contributed by atoms with Crippen LogP contribution < -0.4 is 4.74 Å². The molecule has 9 nitrogen and oxygen atoms in total. The van der Waals surface area contributed by atoms with E-state index in [0.29, 0.717) is 35.1 Å². The Labute approximate surface area is 250 Å². The maximum atomic E-state index is 15.0. The number of piperidine rings is 1. The molecule has 3 aliphatic rings. The maximum Gasteiger partial charge on any atom is 0.365 e. The van der Waals surface area contributed by atoms with Crippen molar-refractivity contribution in [3.63, 3.8) is 0 Å². The number of aromatic nitrogens is 3. The summed E-state index contributed by atoms with van der Waals surface area (Å²) in [5.41, 5.74) is 1.76. The standard InChI is InChI=1S/C30H30ClFN4O5S/c1-30(21-7-6-18(31)14-22(21)32)40-23-5-3-2-4-20(23)25(41-30)17-8-11-35(12-9-17)16-24-33-26-28(42-27(34-26)29(37)38)36(24)15-19-10-13-39-19/h2-7,14,17,19,25H,8-13,15-16H2,1H3,(H,37,38)/t19-,25?,30?/m0/s1. The van der Waals surface area contributed by atoms with Crippen molar-refractivity contribution in [1.82, 2.24) is 19.4 Å². The Hall–Kier alpha value is -3.09. The SMILES string of the molecule is CC1(c2ccc(Cl)cc2F)Oc2ccccc2C(C2CCN(Cc3nc4nc(C(=O)O)sc4n3C[C@@H]3CCO3)CC2)O1. The average molecular weight is 613 g/mol. The van der Waals surface area contributed by atoms with Crippen LogP contribution in [0.15, 0.2) is 42.5 Å². The molecular weight excluding hydrogens is 583 g/mol. The van der Waals surface area contributed by atoms with Gasteiger partial charge in [0.25, 0.3) is 0 Å². The number of likely N-dealkylation sites (tertiary alicyclic amines) is 1. The second kappa shape index (κ2) is 10.9. The second-order valence-electron chi connectivity index (χ2n) is 11.2. The number of hydrogen-bond acceptors (Lipinski definition) is 8. The van der Waals surface area contributed by atoms with E-state index >= 15 is 4.39 Å². The van der Waals surface area contributed by atoms with Gasteiger partial charge in [-0.05, 0) is 62.5 Å². The quantitative estimate of drug-likeness (QED) is 0.271. The summed E-state index contributed by atoms with van der Waals surface area (Å²) in [5, 5.41) is 9.78. The van der Waals surface area contributed by atoms with Crippen LogP contribution in [0.4, 0.5) is 4.39 Å². The van der Waals surface area contributed by atoms with Crippen LogP contribution >= 0.6 is 22.9 Å². The minimum Gasteiger partial charge on any atom is -0.476 e. The molecule has 2 unspecified atom stereocenters. The summed E-state index contributed by atoms with van der Waals surface area (Å²) in [7, 11) is 0. The van der Waals surface area contributed by atoms with Gasteiger partial charge in [0.05, 0.1) is 30.9 Å². The molecule has 2 aromatic carbocycles. The van der Waals surface area contributed by atoms with Crippen LogP contribution in [0.3, 0.4) is 0 Å². The van der Waals surface area contributed by atoms with Crippen molar-refractivity contribution in [2.24, 2.45) is 5.92 Å². The molecule has 5 heterocycles. The van der Waals surface area contributed by atoms with Crippen molar-refractivity contribution >= 4 is 39.4 Å². The molecule has 7 rings (SSSR count). The molecule has 0 saturated carbocycles. The molecule has 0 radical (unpaired) electrons. The summed E-state index contributed by atoms with van der Waals surface area (Å²) < 4.78 is 35.7. The summed E-state index contributed by atoms with van der Waals surface area (Å²) in [6, 6.07) is 12.4. The lowest BCUT2D eigenvalue weighted by molar-refractivity contribution is -0.243. The van der Waals surface area contributed by atoms with Crippen molar-refractivity contribution in [1.29, 1.82) is 0 Å². The molecule has 1 N–H and O–H groups in total. The van der Waals surface area contributed by atoms with E-state index in [1.165, 1.54) is 6.07 Å². The molecule has 2 fully saturated rings. The minimum atomic E-state index is -1.30. The number of rotatable bonds is 7. The fraction of sp³-hybridized carbons (Fsp3) is 0.433. The topological polar surface area (TPSA) is 98.9 Å². The molecule has 4 aromatic rings. The normalized spacial score (nSPS) is 24.7. The van der Waals surface area contributed by atoms with E-state index in [1.807, 2.05) is 24.3 Å². The fourth-order valence-corrected chi connectivity index (χ4v) is 7.21. The largest absolute Gasteiger partial charge is 0.476 e. The summed E-state index contributed by atoms with van der Waals surface area (Å²) in [6.07, 6.45) is 2.56. The van der Waals surface area contributed by atoms with Crippen molar-refractivity contribution < 1.29 is 28.5 Å². The Morgan fingerprint density at radius 3 is 2.69 bits per heavy atom. The molecule has 0 amide bonds. The van der Waals surface area contributed by atoms with Gasteiger partial charge in [-0.15, -0.1) is 0 Å². The van der Waals surface area contributed by atoms with Gasteiger partial charge in [-0.25, -0.2) is 19.2 Å². The van der Waals surface area contributed by atoms with E-state index in [-0.39, 0.29) is 23.1 Å². The van der Waals surface area contributed by atoms with Gasteiger partial charge in [0.1, 0.15) is 22.2 Å². The number of fused-ring (bicyclic) bond motifs is 2. The van der Waals surface area contributed by atoms with Crippen LogP contribution in [-0.4, -0.2) is 56.3 Å². The molecule has 3 aliphatic heterocycles. The zero-order chi connectivity index (χ0) is 29.0. The summed E-state index contributed by atoms with van der Waals surface area (Å²) in [6.45, 7) is 5.43. The molecule has 0 spiro atoms. The van der Waals surface area contributed by atoms with Gasteiger partial charge in [-0.3, -0.25) is 4.90 Å². The molecule has 3 atom stereocenters. The summed E-state index contributed by atoms with van der Waals surface area (Å²) >= 11 is 7.18. The van der Waals surface area contributed by atoms with Gasteiger partial charge in [-0.1, -0.05) is 41.1 Å². The predicted molar refractivity (Wildman–Crippen MR) is 154 cm³/mol. The Morgan fingerprint density at radius 2 is 1.98 bits per heavy atom. The number of carboxylic acids is 1. The van der Waals surface area contributed by atoms with Gasteiger partial charge in [0.2, 0.25) is 10.8 Å². The summed E-state index contributed by atoms with van der Waals surface area (Å²) in [5.74, 6) is -1.04. The van der Waals surface area contributed by atoms with Gasteiger partial charge in [-0.2, -0.15) is 0 Å². The molecule has 2 saturated heterocycles. The van der Waals surface area contributed by atoms with Crippen LogP contribution in [-0.2, 0) is 28.4 Å². The number of aromatic carboxylic acids is 1. The zero-order valence-corrected chi connectivity index (χ0v) is 24.5. The van der Waals surface area contributed by atoms with E-state index in [9.17, 15) is 9.90 Å². The highest BCUT2D eigenvalue weighted by molar-refractivity contribution is 7.19. The number of nitrogens with zero attached hydrogens (tertiary/aromatic N) is 4. The number of imidazole rings is 1. The fourth-order valence-electron chi connectivity index (χ4n) is 6.17. The zero-order valence-electron chi connectivity index (χ0n) is 23.0. The second-order valence-corrected chi connectivity index (χ2v) is 12.6. The lowest BCUT2D eigenvalue weighted by atomic mass is 9.85. The number of carbonyl (C=O) groups is 1. The van der Waals surface area contributed by atoms with Crippen molar-refractivity contribution in [2.75, 3.05) is 19.7 Å². The predicted octanol–water partition coefficient (Wildman–Crippen LogP) is 6.01. The van der Waals surface area contributed by atoms with Crippen molar-refractivity contribution in [3.05, 3.63) is 75.3 Å². The van der Waals surface area contributed by atoms with Crippen LogP contribution in [0.2, 0.25) is 5.02 Å². The first kappa shape index (κ1) is 27.7. The Bertz CT molecular complexity index is 1650. The van der Waals surface area contributed by atoms with Gasteiger partial charge >= 0.3 is 5.97 Å². The number of ether oxygens (including phenoxy) is 3. The molecular formula is C30H30ClFN4O5S. The van der Waals surface area contributed by atoms with Gasteiger partial charge < -0.3 is 23.9 Å². The highest BCUT2D eigenvalue weighted by Crippen LogP contribution is 2.49. The number of halogens is 2. The Kier molecular flexibility index (Phi) is 7.18. The maximum absolute atomic E-state index is 15.0. The first-order valence-corrected chi connectivity index (χ1v) is 15.3. The Morgan fingerprint density at radius 1 is 1.19 bits per heavy atom. The third-order valence-electron chi connectivity index (χ3n) is 8.47. The number of carboxylic acid groups (broad SMARTS) is 1. The Balaban J connectivity index is 1.09. The lowest BCUT2D eigenvalue weighted by Crippen LogP contribution is -2.43. The number of para-hydroxylation sites is 1. The highest BCUT2D eigenvalue weighted by Gasteiger charge is 2.44. The van der Waals surface area contributed by atoms with Crippen molar-refractivity contribution in [3.8, 4) is 5.75 Å². The van der Waals surface area contributed by atoms with E-state index < -0.39 is 17.6 Å². The first-order valence-electron chi connectivity index (χ1n) is 14.1. The van der Waals surface area contributed by atoms with E-state index in [2.05, 4.69) is 14.5 Å². The molecule has 2 aromatic heterocycles. The third kappa shape index (κ3) is 5.07. The van der Waals surface area contributed by atoms with Gasteiger partial charge in [0, 0.05) is 24.1 Å². The van der Waals surface area contributed by atoms with E-state index in [1.54, 1.807) is 19.1 Å². The monoisotopic (exact) mass is 612 g/mol. The molecule has 12 heteroatoms. The van der Waals surface area contributed by atoms with Crippen LogP contribution in [0.25, 0.3) is 10.5 Å².